The number of hydrogen-bond acceptors (Lipinski definition) is 4. The van der Waals surface area contributed by atoms with Gasteiger partial charge in [0.2, 0.25) is 12.5 Å². The molecule has 0 radical (unpaired) electrons. The van der Waals surface area contributed by atoms with Crippen molar-refractivity contribution in [3.63, 3.8) is 0 Å². The first-order valence-electron chi connectivity index (χ1n) is 8.50. The molecule has 132 valence electrons. The average molecular weight is 348 g/mol. The van der Waals surface area contributed by atoms with E-state index in [0.29, 0.717) is 29.6 Å². The highest BCUT2D eigenvalue weighted by Crippen LogP contribution is 2.52. The first-order valence-corrected chi connectivity index (χ1v) is 8.50. The van der Waals surface area contributed by atoms with Crippen LogP contribution < -0.4 is 18.9 Å². The molecule has 0 aliphatic carbocycles. The van der Waals surface area contributed by atoms with Crippen molar-refractivity contribution in [3.05, 3.63) is 71.8 Å². The first kappa shape index (κ1) is 16.3. The predicted molar refractivity (Wildman–Crippen MR) is 100 cm³/mol. The fourth-order valence-corrected chi connectivity index (χ4v) is 3.03. The summed E-state index contributed by atoms with van der Waals surface area (Å²) in [6.07, 6.45) is 0. The van der Waals surface area contributed by atoms with Crippen LogP contribution in [0, 0.1) is 6.92 Å². The van der Waals surface area contributed by atoms with Crippen LogP contribution in [0.5, 0.6) is 23.0 Å². The van der Waals surface area contributed by atoms with Gasteiger partial charge in [0.25, 0.3) is 0 Å². The Morgan fingerprint density at radius 2 is 1.73 bits per heavy atom. The lowest BCUT2D eigenvalue weighted by atomic mass is 10.0. The third-order valence-corrected chi connectivity index (χ3v) is 4.36. The summed E-state index contributed by atoms with van der Waals surface area (Å²) in [7, 11) is 1.63. The van der Waals surface area contributed by atoms with Crippen molar-refractivity contribution >= 4 is 0 Å². The summed E-state index contributed by atoms with van der Waals surface area (Å²) in [4.78, 5) is 0. The van der Waals surface area contributed by atoms with Crippen molar-refractivity contribution in [1.82, 2.24) is 0 Å². The van der Waals surface area contributed by atoms with E-state index in [0.717, 1.165) is 16.7 Å². The average Bonchev–Trinajstić information content (AvgIpc) is 3.15. The molecule has 1 aliphatic heterocycles. The number of benzene rings is 3. The molecule has 3 aromatic rings. The van der Waals surface area contributed by atoms with Crippen molar-refractivity contribution in [3.8, 4) is 34.1 Å². The predicted octanol–water partition coefficient (Wildman–Crippen LogP) is 4.98. The zero-order valence-corrected chi connectivity index (χ0v) is 14.8. The summed E-state index contributed by atoms with van der Waals surface area (Å²) in [5.74, 6) is 2.60. The number of ether oxygens (including phenoxy) is 4. The molecule has 4 heteroatoms. The Hall–Kier alpha value is -3.14. The molecule has 0 saturated heterocycles. The van der Waals surface area contributed by atoms with Crippen molar-refractivity contribution < 1.29 is 18.9 Å². The van der Waals surface area contributed by atoms with E-state index < -0.39 is 0 Å². The highest BCUT2D eigenvalue weighted by atomic mass is 16.7. The number of methoxy groups -OCH3 is 1. The highest BCUT2D eigenvalue weighted by Gasteiger charge is 2.27. The molecule has 0 bridgehead atoms. The third-order valence-electron chi connectivity index (χ3n) is 4.36. The number of hydrogen-bond donors (Lipinski definition) is 0. The standard InChI is InChI=1S/C22H20O4/c1-15-8-10-17(11-9-15)20-18(24-13-16-6-4-3-5-7-16)12-19-21(22(20)23-2)26-14-25-19/h3-12H,13-14H2,1-2H3. The second kappa shape index (κ2) is 7.00. The molecule has 0 spiro atoms. The Balaban J connectivity index is 1.79. The second-order valence-electron chi connectivity index (χ2n) is 6.16. The Bertz CT molecular complexity index is 902. The van der Waals surface area contributed by atoms with Crippen molar-refractivity contribution in [2.24, 2.45) is 0 Å². The van der Waals surface area contributed by atoms with E-state index in [9.17, 15) is 0 Å². The molecule has 26 heavy (non-hydrogen) atoms. The molecule has 0 amide bonds. The molecule has 1 aliphatic rings. The van der Waals surface area contributed by atoms with Gasteiger partial charge in [-0.15, -0.1) is 0 Å². The van der Waals surface area contributed by atoms with Gasteiger partial charge in [-0.2, -0.15) is 0 Å². The van der Waals surface area contributed by atoms with Gasteiger partial charge < -0.3 is 18.9 Å². The third kappa shape index (κ3) is 3.06. The lowest BCUT2D eigenvalue weighted by Crippen LogP contribution is -1.99. The van der Waals surface area contributed by atoms with Gasteiger partial charge in [-0.1, -0.05) is 60.2 Å². The van der Waals surface area contributed by atoms with Gasteiger partial charge in [0.05, 0.1) is 12.7 Å². The molecule has 4 rings (SSSR count). The van der Waals surface area contributed by atoms with Crippen LogP contribution in [0.4, 0.5) is 0 Å². The molecule has 0 saturated carbocycles. The summed E-state index contributed by atoms with van der Waals surface area (Å²) in [6.45, 7) is 2.71. The lowest BCUT2D eigenvalue weighted by molar-refractivity contribution is 0.171. The maximum atomic E-state index is 6.16. The maximum absolute atomic E-state index is 6.16. The molecule has 0 fully saturated rings. The SMILES string of the molecule is COc1c2c(cc(OCc3ccccc3)c1-c1ccc(C)cc1)OCO2. The van der Waals surface area contributed by atoms with E-state index in [1.54, 1.807) is 7.11 Å². The normalized spacial score (nSPS) is 12.1. The van der Waals surface area contributed by atoms with E-state index in [1.807, 2.05) is 36.4 Å². The fraction of sp³-hybridized carbons (Fsp3) is 0.182. The van der Waals surface area contributed by atoms with E-state index in [2.05, 4.69) is 31.2 Å². The molecule has 0 atom stereocenters. The van der Waals surface area contributed by atoms with Crippen molar-refractivity contribution in [1.29, 1.82) is 0 Å². The molecule has 4 nitrogen and oxygen atoms in total. The van der Waals surface area contributed by atoms with Crippen LogP contribution in [-0.2, 0) is 6.61 Å². The summed E-state index contributed by atoms with van der Waals surface area (Å²) < 4.78 is 23.0. The van der Waals surface area contributed by atoms with Crippen LogP contribution in [0.1, 0.15) is 11.1 Å². The number of aryl methyl sites for hydroxylation is 1. The van der Waals surface area contributed by atoms with Gasteiger partial charge >= 0.3 is 0 Å². The van der Waals surface area contributed by atoms with E-state index in [-0.39, 0.29) is 6.79 Å². The molecular weight excluding hydrogens is 328 g/mol. The lowest BCUT2D eigenvalue weighted by Gasteiger charge is -2.17. The van der Waals surface area contributed by atoms with Crippen molar-refractivity contribution in [2.45, 2.75) is 13.5 Å². The maximum Gasteiger partial charge on any atom is 0.231 e. The summed E-state index contributed by atoms with van der Waals surface area (Å²) in [5, 5.41) is 0. The van der Waals surface area contributed by atoms with E-state index in [1.165, 1.54) is 5.56 Å². The summed E-state index contributed by atoms with van der Waals surface area (Å²) in [6, 6.07) is 20.2. The Morgan fingerprint density at radius 1 is 0.962 bits per heavy atom. The Morgan fingerprint density at radius 3 is 2.46 bits per heavy atom. The molecule has 3 aromatic carbocycles. The highest BCUT2D eigenvalue weighted by molar-refractivity contribution is 5.82. The second-order valence-corrected chi connectivity index (χ2v) is 6.16. The van der Waals surface area contributed by atoms with Gasteiger partial charge in [0.1, 0.15) is 12.4 Å². The van der Waals surface area contributed by atoms with Gasteiger partial charge in [-0.25, -0.2) is 0 Å². The van der Waals surface area contributed by atoms with Crippen LogP contribution in [0.2, 0.25) is 0 Å². The van der Waals surface area contributed by atoms with Crippen LogP contribution in [0.25, 0.3) is 11.1 Å². The van der Waals surface area contributed by atoms with E-state index >= 15 is 0 Å². The largest absolute Gasteiger partial charge is 0.492 e. The molecule has 1 heterocycles. The minimum atomic E-state index is 0.182. The van der Waals surface area contributed by atoms with Gasteiger partial charge in [0.15, 0.2) is 11.5 Å². The molecule has 0 unspecified atom stereocenters. The quantitative estimate of drug-likeness (QED) is 0.652. The minimum Gasteiger partial charge on any atom is -0.492 e. The number of fused-ring (bicyclic) bond motifs is 1. The summed E-state index contributed by atoms with van der Waals surface area (Å²) in [5.41, 5.74) is 4.17. The summed E-state index contributed by atoms with van der Waals surface area (Å²) >= 11 is 0. The van der Waals surface area contributed by atoms with Crippen LogP contribution >= 0.6 is 0 Å². The van der Waals surface area contributed by atoms with Crippen LogP contribution in [-0.4, -0.2) is 13.9 Å². The Kier molecular flexibility index (Phi) is 4.40. The molecular formula is C22H20O4. The van der Waals surface area contributed by atoms with Crippen LogP contribution in [0.3, 0.4) is 0 Å². The van der Waals surface area contributed by atoms with Gasteiger partial charge in [0, 0.05) is 6.07 Å². The Labute approximate surface area is 152 Å². The van der Waals surface area contributed by atoms with Gasteiger partial charge in [-0.05, 0) is 18.1 Å². The van der Waals surface area contributed by atoms with Gasteiger partial charge in [-0.3, -0.25) is 0 Å². The first-order chi connectivity index (χ1) is 12.8. The van der Waals surface area contributed by atoms with E-state index in [4.69, 9.17) is 18.9 Å². The monoisotopic (exact) mass is 348 g/mol. The molecule has 0 N–H and O–H groups in total. The van der Waals surface area contributed by atoms with Crippen LogP contribution in [0.15, 0.2) is 60.7 Å². The minimum absolute atomic E-state index is 0.182. The zero-order chi connectivity index (χ0) is 17.9. The fourth-order valence-electron chi connectivity index (χ4n) is 3.03. The topological polar surface area (TPSA) is 36.9 Å². The molecule has 0 aromatic heterocycles. The van der Waals surface area contributed by atoms with Crippen molar-refractivity contribution in [2.75, 3.05) is 13.9 Å². The number of rotatable bonds is 5. The smallest absolute Gasteiger partial charge is 0.231 e. The zero-order valence-electron chi connectivity index (χ0n) is 14.8.